The molecule has 142 valence electrons. The van der Waals surface area contributed by atoms with Crippen molar-refractivity contribution in [3.63, 3.8) is 0 Å². The molecule has 2 aromatic carbocycles. The number of carbonyl (C=O) groups excluding carboxylic acids is 1. The molecule has 28 heavy (non-hydrogen) atoms. The van der Waals surface area contributed by atoms with Gasteiger partial charge < -0.3 is 16.0 Å². The highest BCUT2D eigenvalue weighted by molar-refractivity contribution is 6.00. The van der Waals surface area contributed by atoms with Crippen LogP contribution in [0.25, 0.3) is 10.8 Å². The molecule has 8 heteroatoms. The Labute approximate surface area is 161 Å². The zero-order valence-corrected chi connectivity index (χ0v) is 15.2. The van der Waals surface area contributed by atoms with Gasteiger partial charge in [-0.2, -0.15) is 4.98 Å². The number of anilines is 3. The standard InChI is InChI=1S/C20H20N6O2/c21-19(27)18(25-28)15-7-8-16(14-6-2-1-5-13(14)15)23-17-9-10-22-20(24-17)26-11-3-4-12-26/h1-2,5-10,18H,3-4,11-12H2,(H2,21,27)(H,22,23,24). The van der Waals surface area contributed by atoms with E-state index in [-0.39, 0.29) is 0 Å². The lowest BCUT2D eigenvalue weighted by Gasteiger charge is -2.17. The van der Waals surface area contributed by atoms with Crippen LogP contribution in [0.15, 0.2) is 53.8 Å². The van der Waals surface area contributed by atoms with Crippen molar-refractivity contribution in [1.82, 2.24) is 9.97 Å². The van der Waals surface area contributed by atoms with E-state index in [1.54, 1.807) is 24.4 Å². The molecule has 0 aliphatic carbocycles. The molecule has 1 aliphatic heterocycles. The molecule has 0 spiro atoms. The van der Waals surface area contributed by atoms with Crippen molar-refractivity contribution >= 4 is 34.1 Å². The summed E-state index contributed by atoms with van der Waals surface area (Å²) in [5.74, 6) is 0.615. The van der Waals surface area contributed by atoms with E-state index in [9.17, 15) is 9.70 Å². The van der Waals surface area contributed by atoms with Crippen LogP contribution >= 0.6 is 0 Å². The third kappa shape index (κ3) is 3.36. The lowest BCUT2D eigenvalue weighted by Crippen LogP contribution is -2.20. The lowest BCUT2D eigenvalue weighted by molar-refractivity contribution is -0.119. The van der Waals surface area contributed by atoms with Crippen LogP contribution in [0.3, 0.4) is 0 Å². The highest BCUT2D eigenvalue weighted by atomic mass is 16.3. The van der Waals surface area contributed by atoms with Gasteiger partial charge >= 0.3 is 0 Å². The van der Waals surface area contributed by atoms with E-state index in [4.69, 9.17) is 5.73 Å². The number of fused-ring (bicyclic) bond motifs is 1. The van der Waals surface area contributed by atoms with Gasteiger partial charge in [0.1, 0.15) is 5.82 Å². The molecule has 1 saturated heterocycles. The van der Waals surface area contributed by atoms with Gasteiger partial charge in [0, 0.05) is 30.4 Å². The molecule has 0 bridgehead atoms. The summed E-state index contributed by atoms with van der Waals surface area (Å²) in [6.45, 7) is 1.93. The van der Waals surface area contributed by atoms with E-state index in [0.29, 0.717) is 17.3 Å². The lowest BCUT2D eigenvalue weighted by atomic mass is 9.97. The van der Waals surface area contributed by atoms with Gasteiger partial charge in [-0.3, -0.25) is 4.79 Å². The minimum atomic E-state index is -1.22. The highest BCUT2D eigenvalue weighted by Crippen LogP contribution is 2.33. The quantitative estimate of drug-likeness (QED) is 0.638. The van der Waals surface area contributed by atoms with Crippen molar-refractivity contribution in [2.24, 2.45) is 10.9 Å². The smallest absolute Gasteiger partial charge is 0.250 e. The van der Waals surface area contributed by atoms with Gasteiger partial charge in [0.05, 0.1) is 0 Å². The number of amides is 1. The molecule has 1 amide bonds. The first-order valence-electron chi connectivity index (χ1n) is 9.16. The fourth-order valence-electron chi connectivity index (χ4n) is 3.56. The molecule has 4 rings (SSSR count). The number of primary amides is 1. The van der Waals surface area contributed by atoms with E-state index in [0.717, 1.165) is 42.4 Å². The van der Waals surface area contributed by atoms with Gasteiger partial charge in [0.15, 0.2) is 6.04 Å². The van der Waals surface area contributed by atoms with Crippen molar-refractivity contribution in [3.8, 4) is 0 Å². The van der Waals surface area contributed by atoms with E-state index in [1.165, 1.54) is 0 Å². The number of hydrogen-bond donors (Lipinski definition) is 2. The van der Waals surface area contributed by atoms with Crippen LogP contribution in [0.2, 0.25) is 0 Å². The molecule has 0 radical (unpaired) electrons. The monoisotopic (exact) mass is 376 g/mol. The zero-order chi connectivity index (χ0) is 19.5. The fraction of sp³-hybridized carbons (Fsp3) is 0.250. The van der Waals surface area contributed by atoms with Crippen LogP contribution in [0.4, 0.5) is 17.5 Å². The van der Waals surface area contributed by atoms with E-state index in [2.05, 4.69) is 25.4 Å². The zero-order valence-electron chi connectivity index (χ0n) is 15.2. The molecule has 1 aliphatic rings. The topological polar surface area (TPSA) is 114 Å². The molecule has 0 saturated carbocycles. The second-order valence-corrected chi connectivity index (χ2v) is 6.72. The first-order valence-corrected chi connectivity index (χ1v) is 9.16. The minimum absolute atomic E-state index is 0.490. The van der Waals surface area contributed by atoms with E-state index >= 15 is 0 Å². The molecule has 3 aromatic rings. The van der Waals surface area contributed by atoms with E-state index in [1.807, 2.05) is 24.3 Å². The van der Waals surface area contributed by atoms with Gasteiger partial charge in [-0.05, 0) is 35.9 Å². The van der Waals surface area contributed by atoms with Crippen LogP contribution in [-0.4, -0.2) is 29.0 Å². The van der Waals surface area contributed by atoms with Crippen molar-refractivity contribution in [3.05, 3.63) is 59.1 Å². The molecule has 2 heterocycles. The van der Waals surface area contributed by atoms with Gasteiger partial charge in [-0.1, -0.05) is 35.5 Å². The Morgan fingerprint density at radius 3 is 2.57 bits per heavy atom. The number of carbonyl (C=O) groups is 1. The highest BCUT2D eigenvalue weighted by Gasteiger charge is 2.22. The predicted molar refractivity (Wildman–Crippen MR) is 108 cm³/mol. The minimum Gasteiger partial charge on any atom is -0.367 e. The second kappa shape index (κ2) is 7.59. The van der Waals surface area contributed by atoms with E-state index < -0.39 is 11.9 Å². The Balaban J connectivity index is 1.71. The van der Waals surface area contributed by atoms with Crippen LogP contribution < -0.4 is 16.0 Å². The Bertz CT molecular complexity index is 1030. The van der Waals surface area contributed by atoms with Gasteiger partial charge in [0.2, 0.25) is 5.95 Å². The first kappa shape index (κ1) is 17.8. The molecule has 1 unspecified atom stereocenters. The average molecular weight is 376 g/mol. The third-order valence-corrected chi connectivity index (χ3v) is 4.92. The second-order valence-electron chi connectivity index (χ2n) is 6.72. The molecule has 8 nitrogen and oxygen atoms in total. The summed E-state index contributed by atoms with van der Waals surface area (Å²) in [6, 6.07) is 11.6. The summed E-state index contributed by atoms with van der Waals surface area (Å²) in [5.41, 5.74) is 6.63. The molecule has 3 N–H and O–H groups in total. The molecule has 1 atom stereocenters. The Kier molecular flexibility index (Phi) is 4.84. The van der Waals surface area contributed by atoms with Crippen molar-refractivity contribution in [1.29, 1.82) is 0 Å². The maximum atomic E-state index is 11.6. The number of nitrogens with zero attached hydrogens (tertiary/aromatic N) is 4. The summed E-state index contributed by atoms with van der Waals surface area (Å²) in [4.78, 5) is 33.9. The maximum Gasteiger partial charge on any atom is 0.250 e. The predicted octanol–water partition coefficient (Wildman–Crippen LogP) is 3.27. The molecular weight excluding hydrogens is 356 g/mol. The summed E-state index contributed by atoms with van der Waals surface area (Å²) < 4.78 is 0. The first-order chi connectivity index (χ1) is 13.7. The number of nitrogens with two attached hydrogens (primary N) is 1. The van der Waals surface area contributed by atoms with Gasteiger partial charge in [-0.15, -0.1) is 4.91 Å². The number of aromatic nitrogens is 2. The Morgan fingerprint density at radius 2 is 1.86 bits per heavy atom. The van der Waals surface area contributed by atoms with Gasteiger partial charge in [0.25, 0.3) is 5.91 Å². The normalized spacial score (nSPS) is 14.8. The summed E-state index contributed by atoms with van der Waals surface area (Å²) in [6.07, 6.45) is 4.04. The van der Waals surface area contributed by atoms with Gasteiger partial charge in [-0.25, -0.2) is 4.98 Å². The largest absolute Gasteiger partial charge is 0.367 e. The number of nitrogens with one attached hydrogen (secondary N) is 1. The summed E-state index contributed by atoms with van der Waals surface area (Å²) in [5, 5.41) is 7.81. The Morgan fingerprint density at radius 1 is 1.11 bits per heavy atom. The van der Waals surface area contributed by atoms with Crippen LogP contribution in [0.5, 0.6) is 0 Å². The van der Waals surface area contributed by atoms with Crippen LogP contribution in [0.1, 0.15) is 24.4 Å². The number of hydrogen-bond acceptors (Lipinski definition) is 7. The molecular formula is C20H20N6O2. The maximum absolute atomic E-state index is 11.6. The van der Waals surface area contributed by atoms with Crippen molar-refractivity contribution in [2.45, 2.75) is 18.9 Å². The number of rotatable bonds is 6. The van der Waals surface area contributed by atoms with Crippen LogP contribution in [-0.2, 0) is 4.79 Å². The van der Waals surface area contributed by atoms with Crippen LogP contribution in [0, 0.1) is 4.91 Å². The number of benzene rings is 2. The fourth-order valence-corrected chi connectivity index (χ4v) is 3.56. The average Bonchev–Trinajstić information content (AvgIpc) is 3.25. The SMILES string of the molecule is NC(=O)C(N=O)c1ccc(Nc2ccnc(N3CCCC3)n2)c2ccccc12. The summed E-state index contributed by atoms with van der Waals surface area (Å²) >= 11 is 0. The van der Waals surface area contributed by atoms with Crippen molar-refractivity contribution < 1.29 is 4.79 Å². The Hall–Kier alpha value is -3.55. The molecule has 1 fully saturated rings. The third-order valence-electron chi connectivity index (χ3n) is 4.92. The molecule has 1 aromatic heterocycles. The number of nitroso groups, excluding NO2 is 1. The van der Waals surface area contributed by atoms with Crippen molar-refractivity contribution in [2.75, 3.05) is 23.3 Å². The summed E-state index contributed by atoms with van der Waals surface area (Å²) in [7, 11) is 0.